The highest BCUT2D eigenvalue weighted by Gasteiger charge is 2.23. The Balaban J connectivity index is 2.11. The third kappa shape index (κ3) is 2.39. The molecule has 0 aromatic heterocycles. The van der Waals surface area contributed by atoms with Crippen molar-refractivity contribution < 1.29 is 4.79 Å². The number of carbonyl (C=O) groups is 1. The molecule has 1 unspecified atom stereocenters. The molecule has 86 valence electrons. The van der Waals surface area contributed by atoms with Crippen LogP contribution < -0.4 is 10.6 Å². The second kappa shape index (κ2) is 4.89. The summed E-state index contributed by atoms with van der Waals surface area (Å²) in [6.07, 6.45) is 0. The fourth-order valence-corrected chi connectivity index (χ4v) is 2.73. The lowest BCUT2D eigenvalue weighted by Crippen LogP contribution is -2.37. The van der Waals surface area contributed by atoms with Gasteiger partial charge in [-0.1, -0.05) is 18.2 Å². The number of nitrogens with one attached hydrogen (secondary N) is 2. The van der Waals surface area contributed by atoms with Crippen LogP contribution in [0.3, 0.4) is 0 Å². The van der Waals surface area contributed by atoms with Crippen molar-refractivity contribution >= 4 is 23.4 Å². The largest absolute Gasteiger partial charge is 0.324 e. The smallest absolute Gasteiger partial charge is 0.242 e. The Bertz CT molecular complexity index is 380. The number of thioether (sulfide) groups is 1. The maximum atomic E-state index is 11.9. The van der Waals surface area contributed by atoms with Crippen molar-refractivity contribution in [3.63, 3.8) is 0 Å². The maximum Gasteiger partial charge on any atom is 0.242 e. The van der Waals surface area contributed by atoms with Crippen molar-refractivity contribution in [2.45, 2.75) is 19.9 Å². The summed E-state index contributed by atoms with van der Waals surface area (Å²) in [4.78, 5) is 11.9. The van der Waals surface area contributed by atoms with Gasteiger partial charge in [-0.25, -0.2) is 0 Å². The van der Waals surface area contributed by atoms with E-state index >= 15 is 0 Å². The number of para-hydroxylation sites is 1. The number of benzene rings is 1. The average molecular weight is 236 g/mol. The molecule has 1 aromatic rings. The highest BCUT2D eigenvalue weighted by molar-refractivity contribution is 7.99. The number of carbonyl (C=O) groups excluding carboxylic acids is 1. The maximum absolute atomic E-state index is 11.9. The van der Waals surface area contributed by atoms with Crippen LogP contribution in [-0.2, 0) is 4.79 Å². The fourth-order valence-electron chi connectivity index (χ4n) is 1.79. The zero-order valence-corrected chi connectivity index (χ0v) is 10.4. The van der Waals surface area contributed by atoms with Gasteiger partial charge >= 0.3 is 0 Å². The molecule has 0 spiro atoms. The van der Waals surface area contributed by atoms with Crippen LogP contribution in [0.5, 0.6) is 0 Å². The van der Waals surface area contributed by atoms with E-state index < -0.39 is 0 Å². The van der Waals surface area contributed by atoms with Gasteiger partial charge in [0.05, 0.1) is 6.04 Å². The van der Waals surface area contributed by atoms with Crippen LogP contribution >= 0.6 is 11.8 Å². The molecule has 1 heterocycles. The average Bonchev–Trinajstić information content (AvgIpc) is 2.76. The molecule has 0 radical (unpaired) electrons. The molecule has 1 fully saturated rings. The summed E-state index contributed by atoms with van der Waals surface area (Å²) in [7, 11) is 0. The minimum Gasteiger partial charge on any atom is -0.324 e. The number of rotatable bonds is 2. The first kappa shape index (κ1) is 11.5. The summed E-state index contributed by atoms with van der Waals surface area (Å²) in [6, 6.07) is 5.98. The predicted molar refractivity (Wildman–Crippen MR) is 68.8 cm³/mol. The summed E-state index contributed by atoms with van der Waals surface area (Å²) in [6.45, 7) is 4.03. The first-order valence-corrected chi connectivity index (χ1v) is 6.52. The van der Waals surface area contributed by atoms with Crippen molar-refractivity contribution in [1.29, 1.82) is 0 Å². The first-order valence-electron chi connectivity index (χ1n) is 5.36. The van der Waals surface area contributed by atoms with Crippen LogP contribution in [0.25, 0.3) is 0 Å². The van der Waals surface area contributed by atoms with Crippen LogP contribution in [0.2, 0.25) is 0 Å². The Morgan fingerprint density at radius 3 is 2.69 bits per heavy atom. The van der Waals surface area contributed by atoms with Crippen molar-refractivity contribution in [3.05, 3.63) is 29.3 Å². The Labute approximate surface area is 100.0 Å². The Hall–Kier alpha value is -1.000. The van der Waals surface area contributed by atoms with Gasteiger partial charge in [0.1, 0.15) is 0 Å². The molecule has 1 aliphatic heterocycles. The Kier molecular flexibility index (Phi) is 3.51. The van der Waals surface area contributed by atoms with E-state index in [1.165, 1.54) is 0 Å². The van der Waals surface area contributed by atoms with E-state index in [9.17, 15) is 4.79 Å². The van der Waals surface area contributed by atoms with E-state index in [0.717, 1.165) is 28.4 Å². The number of anilines is 1. The van der Waals surface area contributed by atoms with E-state index in [0.29, 0.717) is 0 Å². The monoisotopic (exact) mass is 236 g/mol. The molecular weight excluding hydrogens is 220 g/mol. The van der Waals surface area contributed by atoms with Gasteiger partial charge in [0.2, 0.25) is 5.91 Å². The standard InChI is InChI=1S/C12H16N2OS/c1-8-4-3-5-9(2)11(8)14-12(15)10-6-16-7-13-10/h3-5,10,13H,6-7H2,1-2H3,(H,14,15). The summed E-state index contributed by atoms with van der Waals surface area (Å²) >= 11 is 1.76. The van der Waals surface area contributed by atoms with E-state index in [2.05, 4.69) is 10.6 Å². The molecular formula is C12H16N2OS. The van der Waals surface area contributed by atoms with Crippen molar-refractivity contribution in [2.75, 3.05) is 16.9 Å². The second-order valence-electron chi connectivity index (χ2n) is 4.03. The molecule has 2 N–H and O–H groups in total. The van der Waals surface area contributed by atoms with Crippen molar-refractivity contribution in [2.24, 2.45) is 0 Å². The number of hydrogen-bond acceptors (Lipinski definition) is 3. The molecule has 2 rings (SSSR count). The van der Waals surface area contributed by atoms with E-state index in [1.54, 1.807) is 11.8 Å². The van der Waals surface area contributed by atoms with Gasteiger partial charge in [0.25, 0.3) is 0 Å². The van der Waals surface area contributed by atoms with Gasteiger partial charge in [0.15, 0.2) is 0 Å². The molecule has 16 heavy (non-hydrogen) atoms. The van der Waals surface area contributed by atoms with Gasteiger partial charge < -0.3 is 5.32 Å². The van der Waals surface area contributed by atoms with Gasteiger partial charge in [-0.05, 0) is 25.0 Å². The quantitative estimate of drug-likeness (QED) is 0.824. The molecule has 0 bridgehead atoms. The molecule has 1 saturated heterocycles. The zero-order valence-electron chi connectivity index (χ0n) is 9.54. The molecule has 1 aliphatic rings. The number of amides is 1. The number of hydrogen-bond donors (Lipinski definition) is 2. The zero-order chi connectivity index (χ0) is 11.5. The normalized spacial score (nSPS) is 19.8. The predicted octanol–water partition coefficient (Wildman–Crippen LogP) is 1.90. The van der Waals surface area contributed by atoms with E-state index in [-0.39, 0.29) is 11.9 Å². The lowest BCUT2D eigenvalue weighted by Gasteiger charge is -2.14. The van der Waals surface area contributed by atoms with Crippen molar-refractivity contribution in [3.8, 4) is 0 Å². The van der Waals surface area contributed by atoms with Crippen LogP contribution in [0.1, 0.15) is 11.1 Å². The highest BCUT2D eigenvalue weighted by Crippen LogP contribution is 2.20. The molecule has 1 atom stereocenters. The Morgan fingerprint density at radius 1 is 1.44 bits per heavy atom. The number of aryl methyl sites for hydroxylation is 2. The van der Waals surface area contributed by atoms with Crippen LogP contribution in [0.15, 0.2) is 18.2 Å². The van der Waals surface area contributed by atoms with Gasteiger partial charge in [-0.15, -0.1) is 11.8 Å². The van der Waals surface area contributed by atoms with E-state index in [4.69, 9.17) is 0 Å². The van der Waals surface area contributed by atoms with Gasteiger partial charge in [-0.3, -0.25) is 10.1 Å². The molecule has 0 saturated carbocycles. The molecule has 4 heteroatoms. The molecule has 1 amide bonds. The first-order chi connectivity index (χ1) is 7.68. The third-order valence-electron chi connectivity index (χ3n) is 2.76. The molecule has 3 nitrogen and oxygen atoms in total. The highest BCUT2D eigenvalue weighted by atomic mass is 32.2. The fraction of sp³-hybridized carbons (Fsp3) is 0.417. The summed E-state index contributed by atoms with van der Waals surface area (Å²) in [5.74, 6) is 1.80. The minimum absolute atomic E-state index is 0.0518. The van der Waals surface area contributed by atoms with Gasteiger partial charge in [0, 0.05) is 17.3 Å². The van der Waals surface area contributed by atoms with Crippen LogP contribution in [-0.4, -0.2) is 23.6 Å². The second-order valence-corrected chi connectivity index (χ2v) is 5.06. The molecule has 0 aliphatic carbocycles. The summed E-state index contributed by atoms with van der Waals surface area (Å²) in [5, 5.41) is 6.17. The summed E-state index contributed by atoms with van der Waals surface area (Å²) in [5.41, 5.74) is 3.17. The SMILES string of the molecule is Cc1cccc(C)c1NC(=O)C1CSCN1. The topological polar surface area (TPSA) is 41.1 Å². The minimum atomic E-state index is -0.0518. The lowest BCUT2D eigenvalue weighted by atomic mass is 10.1. The third-order valence-corrected chi connectivity index (χ3v) is 3.70. The summed E-state index contributed by atoms with van der Waals surface area (Å²) < 4.78 is 0. The lowest BCUT2D eigenvalue weighted by molar-refractivity contribution is -0.117. The Morgan fingerprint density at radius 2 is 2.12 bits per heavy atom. The van der Waals surface area contributed by atoms with Crippen LogP contribution in [0.4, 0.5) is 5.69 Å². The van der Waals surface area contributed by atoms with E-state index in [1.807, 2.05) is 32.0 Å². The molecule has 1 aromatic carbocycles. The van der Waals surface area contributed by atoms with Crippen LogP contribution in [0, 0.1) is 13.8 Å². The van der Waals surface area contributed by atoms with Crippen molar-refractivity contribution in [1.82, 2.24) is 5.32 Å². The van der Waals surface area contributed by atoms with Gasteiger partial charge in [-0.2, -0.15) is 0 Å².